The molecule has 1 aliphatic heterocycles. The zero-order valence-electron chi connectivity index (χ0n) is 17.2. The monoisotopic (exact) mass is 435 g/mol. The van der Waals surface area contributed by atoms with Crippen LogP contribution in [0.15, 0.2) is 65.8 Å². The number of benzene rings is 2. The molecule has 0 saturated carbocycles. The van der Waals surface area contributed by atoms with Crippen molar-refractivity contribution in [1.82, 2.24) is 19.7 Å². The lowest BCUT2D eigenvalue weighted by Crippen LogP contribution is -2.51. The molecule has 0 radical (unpaired) electrons. The number of hydrogen-bond acceptors (Lipinski definition) is 5. The van der Waals surface area contributed by atoms with E-state index >= 15 is 0 Å². The fourth-order valence-corrected chi connectivity index (χ4v) is 4.72. The molecule has 1 fully saturated rings. The van der Waals surface area contributed by atoms with Gasteiger partial charge >= 0.3 is 0 Å². The second-order valence-electron chi connectivity index (χ2n) is 7.52. The lowest BCUT2D eigenvalue weighted by atomic mass is 10.0. The van der Waals surface area contributed by atoms with Crippen LogP contribution in [-0.2, 0) is 16.0 Å². The summed E-state index contributed by atoms with van der Waals surface area (Å²) in [5.41, 5.74) is 7.60. The molecule has 0 spiro atoms. The molecule has 160 valence electrons. The molecule has 7 nitrogen and oxygen atoms in total. The minimum absolute atomic E-state index is 0.0966. The van der Waals surface area contributed by atoms with Crippen molar-refractivity contribution in [3.05, 3.63) is 72.1 Å². The van der Waals surface area contributed by atoms with Crippen LogP contribution in [0.3, 0.4) is 0 Å². The zero-order valence-corrected chi connectivity index (χ0v) is 18.0. The van der Waals surface area contributed by atoms with Crippen molar-refractivity contribution in [2.45, 2.75) is 36.9 Å². The standard InChI is InChI=1S/C23H25N5O2S/c24-22(30)19-13-7-8-14-27(19)21(29)16-31-23-26-25-20(15-17-9-3-1-4-10-17)28(23)18-11-5-2-6-12-18/h1-6,9-12,19H,7-8,13-16H2,(H2,24,30). The quantitative estimate of drug-likeness (QED) is 0.576. The van der Waals surface area contributed by atoms with E-state index in [4.69, 9.17) is 5.73 Å². The molecule has 1 saturated heterocycles. The fraction of sp³-hybridized carbons (Fsp3) is 0.304. The second kappa shape index (κ2) is 9.78. The van der Waals surface area contributed by atoms with Crippen molar-refractivity contribution in [2.24, 2.45) is 5.73 Å². The van der Waals surface area contributed by atoms with Gasteiger partial charge in [-0.25, -0.2) is 0 Å². The zero-order chi connectivity index (χ0) is 21.6. The van der Waals surface area contributed by atoms with Gasteiger partial charge in [-0.2, -0.15) is 0 Å². The predicted octanol–water partition coefficient (Wildman–Crippen LogP) is 2.82. The molecule has 1 unspecified atom stereocenters. The van der Waals surface area contributed by atoms with Crippen molar-refractivity contribution in [3.63, 3.8) is 0 Å². The first-order chi connectivity index (χ1) is 15.1. The van der Waals surface area contributed by atoms with Crippen LogP contribution in [0.5, 0.6) is 0 Å². The van der Waals surface area contributed by atoms with Crippen LogP contribution >= 0.6 is 11.8 Å². The predicted molar refractivity (Wildman–Crippen MR) is 120 cm³/mol. The number of nitrogens with two attached hydrogens (primary N) is 1. The van der Waals surface area contributed by atoms with Gasteiger partial charge < -0.3 is 10.6 Å². The summed E-state index contributed by atoms with van der Waals surface area (Å²) in [6, 6.07) is 19.5. The van der Waals surface area contributed by atoms with E-state index in [1.165, 1.54) is 11.8 Å². The van der Waals surface area contributed by atoms with Crippen LogP contribution in [0.2, 0.25) is 0 Å². The average molecular weight is 436 g/mol. The Morgan fingerprint density at radius 2 is 1.71 bits per heavy atom. The number of piperidine rings is 1. The van der Waals surface area contributed by atoms with Crippen LogP contribution in [0.1, 0.15) is 30.7 Å². The summed E-state index contributed by atoms with van der Waals surface area (Å²) < 4.78 is 1.99. The molecule has 2 heterocycles. The van der Waals surface area contributed by atoms with Gasteiger partial charge in [0, 0.05) is 18.7 Å². The number of hydrogen-bond donors (Lipinski definition) is 1. The van der Waals surface area contributed by atoms with Crippen molar-refractivity contribution in [3.8, 4) is 5.69 Å². The van der Waals surface area contributed by atoms with Gasteiger partial charge in [0.1, 0.15) is 11.9 Å². The van der Waals surface area contributed by atoms with Gasteiger partial charge in [0.25, 0.3) is 0 Å². The topological polar surface area (TPSA) is 94.1 Å². The number of thioether (sulfide) groups is 1. The molecule has 2 amide bonds. The molecule has 4 rings (SSSR count). The van der Waals surface area contributed by atoms with Crippen LogP contribution < -0.4 is 5.73 Å². The highest BCUT2D eigenvalue weighted by Gasteiger charge is 2.30. The van der Waals surface area contributed by atoms with Crippen LogP contribution in [0.25, 0.3) is 5.69 Å². The molecule has 8 heteroatoms. The summed E-state index contributed by atoms with van der Waals surface area (Å²) in [5, 5.41) is 9.44. The van der Waals surface area contributed by atoms with E-state index < -0.39 is 11.9 Å². The summed E-state index contributed by atoms with van der Waals surface area (Å²) >= 11 is 1.33. The third kappa shape index (κ3) is 4.96. The SMILES string of the molecule is NC(=O)C1CCCCN1C(=O)CSc1nnc(Cc2ccccc2)n1-c1ccccc1. The van der Waals surface area contributed by atoms with Crippen LogP contribution in [0, 0.1) is 0 Å². The summed E-state index contributed by atoms with van der Waals surface area (Å²) in [6.45, 7) is 0.567. The first kappa shape index (κ1) is 21.1. The first-order valence-electron chi connectivity index (χ1n) is 10.4. The number of nitrogens with zero attached hydrogens (tertiary/aromatic N) is 4. The Hall–Kier alpha value is -3.13. The van der Waals surface area contributed by atoms with Crippen molar-refractivity contribution in [2.75, 3.05) is 12.3 Å². The summed E-state index contributed by atoms with van der Waals surface area (Å²) in [7, 11) is 0. The van der Waals surface area contributed by atoms with Crippen LogP contribution in [0.4, 0.5) is 0 Å². The van der Waals surface area contributed by atoms with E-state index in [0.29, 0.717) is 24.5 Å². The second-order valence-corrected chi connectivity index (χ2v) is 8.46. The smallest absolute Gasteiger partial charge is 0.240 e. The van der Waals surface area contributed by atoms with E-state index in [9.17, 15) is 9.59 Å². The van der Waals surface area contributed by atoms with Gasteiger partial charge in [-0.3, -0.25) is 14.2 Å². The summed E-state index contributed by atoms with van der Waals surface area (Å²) in [6.07, 6.45) is 3.07. The molecule has 2 aromatic carbocycles. The molecule has 0 bridgehead atoms. The highest BCUT2D eigenvalue weighted by Crippen LogP contribution is 2.25. The lowest BCUT2D eigenvalue weighted by Gasteiger charge is -2.33. The molecule has 2 N–H and O–H groups in total. The largest absolute Gasteiger partial charge is 0.368 e. The fourth-order valence-electron chi connectivity index (χ4n) is 3.86. The highest BCUT2D eigenvalue weighted by atomic mass is 32.2. The minimum atomic E-state index is -0.512. The third-order valence-corrected chi connectivity index (χ3v) is 6.31. The Labute approximate surface area is 185 Å². The number of para-hydroxylation sites is 1. The van der Waals surface area contributed by atoms with Gasteiger partial charge in [-0.05, 0) is 37.0 Å². The van der Waals surface area contributed by atoms with Crippen molar-refractivity contribution < 1.29 is 9.59 Å². The Bertz CT molecular complexity index is 1040. The molecule has 3 aromatic rings. The number of carbonyl (C=O) groups is 2. The Morgan fingerprint density at radius 3 is 2.42 bits per heavy atom. The molecule has 1 atom stereocenters. The molecule has 1 aromatic heterocycles. The highest BCUT2D eigenvalue weighted by molar-refractivity contribution is 7.99. The van der Waals surface area contributed by atoms with E-state index in [-0.39, 0.29) is 11.7 Å². The van der Waals surface area contributed by atoms with E-state index in [1.807, 2.05) is 53.1 Å². The maximum atomic E-state index is 12.9. The normalized spacial score (nSPS) is 16.3. The number of primary amides is 1. The number of aromatic nitrogens is 3. The number of likely N-dealkylation sites (tertiary alicyclic amines) is 1. The first-order valence-corrected chi connectivity index (χ1v) is 11.4. The van der Waals surface area contributed by atoms with Gasteiger partial charge in [0.05, 0.1) is 5.75 Å². The molecular formula is C23H25N5O2S. The van der Waals surface area contributed by atoms with E-state index in [2.05, 4.69) is 22.3 Å². The van der Waals surface area contributed by atoms with Gasteiger partial charge in [-0.1, -0.05) is 60.3 Å². The van der Waals surface area contributed by atoms with Gasteiger partial charge in [-0.15, -0.1) is 10.2 Å². The van der Waals surface area contributed by atoms with Gasteiger partial charge in [0.15, 0.2) is 5.16 Å². The summed E-state index contributed by atoms with van der Waals surface area (Å²) in [4.78, 5) is 26.2. The molecular weight excluding hydrogens is 410 g/mol. The molecule has 0 aliphatic carbocycles. The lowest BCUT2D eigenvalue weighted by molar-refractivity contribution is -0.138. The third-order valence-electron chi connectivity index (χ3n) is 5.40. The Kier molecular flexibility index (Phi) is 6.66. The maximum Gasteiger partial charge on any atom is 0.240 e. The Balaban J connectivity index is 1.55. The number of amides is 2. The molecule has 1 aliphatic rings. The van der Waals surface area contributed by atoms with Gasteiger partial charge in [0.2, 0.25) is 11.8 Å². The average Bonchev–Trinajstić information content (AvgIpc) is 3.21. The number of rotatable bonds is 7. The molecule has 31 heavy (non-hydrogen) atoms. The van der Waals surface area contributed by atoms with Crippen LogP contribution in [-0.4, -0.2) is 49.8 Å². The van der Waals surface area contributed by atoms with Crippen molar-refractivity contribution in [1.29, 1.82) is 0 Å². The summed E-state index contributed by atoms with van der Waals surface area (Å²) in [5.74, 6) is 0.455. The van der Waals surface area contributed by atoms with E-state index in [0.717, 1.165) is 29.9 Å². The van der Waals surface area contributed by atoms with Crippen molar-refractivity contribution >= 4 is 23.6 Å². The Morgan fingerprint density at radius 1 is 1.00 bits per heavy atom. The minimum Gasteiger partial charge on any atom is -0.368 e. The van der Waals surface area contributed by atoms with E-state index in [1.54, 1.807) is 4.90 Å². The number of carbonyl (C=O) groups excluding carboxylic acids is 2. The maximum absolute atomic E-state index is 12.9.